The van der Waals surface area contributed by atoms with Gasteiger partial charge in [-0.15, -0.1) is 0 Å². The lowest BCUT2D eigenvalue weighted by Gasteiger charge is -2.19. The lowest BCUT2D eigenvalue weighted by molar-refractivity contribution is -0.161. The maximum Gasteiger partial charge on any atom is 0.472 e. The molecule has 0 saturated heterocycles. The van der Waals surface area contributed by atoms with Gasteiger partial charge in [-0.25, -0.2) is 4.57 Å². The Balaban J connectivity index is 3.81. The van der Waals surface area contributed by atoms with Gasteiger partial charge in [-0.3, -0.25) is 18.6 Å². The summed E-state index contributed by atoms with van der Waals surface area (Å²) < 4.78 is 33.3. The lowest BCUT2D eigenvalue weighted by atomic mass is 10.0. The van der Waals surface area contributed by atoms with Crippen LogP contribution in [0.5, 0.6) is 0 Å². The van der Waals surface area contributed by atoms with Crippen molar-refractivity contribution in [2.75, 3.05) is 26.4 Å². The fourth-order valence-corrected chi connectivity index (χ4v) is 12.6. The molecule has 2 atom stereocenters. The molecule has 0 aromatic rings. The third-order valence-electron chi connectivity index (χ3n) is 17.7. The van der Waals surface area contributed by atoms with Crippen LogP contribution in [0.2, 0.25) is 0 Å². The topological polar surface area (TPSA) is 134 Å². The van der Waals surface area contributed by atoms with E-state index in [0.717, 1.165) is 96.3 Å². The van der Waals surface area contributed by atoms with E-state index >= 15 is 0 Å². The second kappa shape index (κ2) is 78.9. The van der Waals surface area contributed by atoms with Gasteiger partial charge in [0.2, 0.25) is 0 Å². The lowest BCUT2D eigenvalue weighted by Crippen LogP contribution is -2.29. The van der Waals surface area contributed by atoms with Gasteiger partial charge in [0.05, 0.1) is 13.2 Å². The zero-order valence-electron chi connectivity index (χ0n) is 61.7. The average molecular weight is 1340 g/mol. The van der Waals surface area contributed by atoms with Crippen molar-refractivity contribution in [3.8, 4) is 0 Å². The maximum absolute atomic E-state index is 12.8. The first-order valence-electron chi connectivity index (χ1n) is 40.2. The van der Waals surface area contributed by atoms with E-state index < -0.39 is 26.5 Å². The van der Waals surface area contributed by atoms with Crippen LogP contribution in [0, 0.1) is 0 Å². The van der Waals surface area contributed by atoms with Gasteiger partial charge in [0.25, 0.3) is 0 Å². The second-order valence-corrected chi connectivity index (χ2v) is 28.4. The molecule has 2 unspecified atom stereocenters. The van der Waals surface area contributed by atoms with Gasteiger partial charge in [0.1, 0.15) is 6.61 Å². The van der Waals surface area contributed by atoms with Crippen LogP contribution in [0.25, 0.3) is 0 Å². The Morgan fingerprint density at radius 1 is 0.330 bits per heavy atom. The Labute approximate surface area is 582 Å². The van der Waals surface area contributed by atoms with Gasteiger partial charge >= 0.3 is 19.8 Å². The van der Waals surface area contributed by atoms with Gasteiger partial charge in [0, 0.05) is 19.4 Å². The van der Waals surface area contributed by atoms with Crippen LogP contribution in [-0.2, 0) is 32.7 Å². The van der Waals surface area contributed by atoms with Crippen LogP contribution in [0.1, 0.15) is 393 Å². The van der Waals surface area contributed by atoms with Crippen molar-refractivity contribution >= 4 is 19.8 Å². The number of carbonyl (C=O) groups is 2. The Morgan fingerprint density at radius 3 is 0.872 bits per heavy atom. The molecule has 3 N–H and O–H groups in total. The molecule has 0 aromatic carbocycles. The Morgan fingerprint density at radius 2 is 0.585 bits per heavy atom. The zero-order valence-corrected chi connectivity index (χ0v) is 62.6. The number of hydrogen-bond donors (Lipinski definition) is 2. The molecule has 0 amide bonds. The van der Waals surface area contributed by atoms with Crippen LogP contribution >= 0.6 is 7.82 Å². The van der Waals surface area contributed by atoms with Crippen LogP contribution in [0.3, 0.4) is 0 Å². The number of hydrogen-bond acceptors (Lipinski definition) is 8. The first-order valence-corrected chi connectivity index (χ1v) is 41.7. The van der Waals surface area contributed by atoms with Gasteiger partial charge < -0.3 is 20.1 Å². The molecule has 0 aromatic heterocycles. The Bertz CT molecular complexity index is 1870. The second-order valence-electron chi connectivity index (χ2n) is 26.9. The quantitative estimate of drug-likeness (QED) is 0.0264. The predicted molar refractivity (Wildman–Crippen MR) is 408 cm³/mol. The summed E-state index contributed by atoms with van der Waals surface area (Å²) in [5, 5.41) is 0. The molecular weight excluding hydrogens is 1180 g/mol. The zero-order chi connectivity index (χ0) is 67.9. The molecule has 0 rings (SSSR count). The van der Waals surface area contributed by atoms with E-state index in [1.807, 2.05) is 0 Å². The summed E-state index contributed by atoms with van der Waals surface area (Å²) in [6, 6.07) is 0. The van der Waals surface area contributed by atoms with Crippen molar-refractivity contribution < 1.29 is 37.6 Å². The number of phosphoric ester groups is 1. The molecular formula is C84H152NO8P. The maximum atomic E-state index is 12.8. The van der Waals surface area contributed by atoms with Crippen molar-refractivity contribution in [2.45, 2.75) is 399 Å². The molecule has 0 radical (unpaired) electrons. The molecule has 0 saturated carbocycles. The first kappa shape index (κ1) is 90.9. The highest BCUT2D eigenvalue weighted by Crippen LogP contribution is 2.43. The largest absolute Gasteiger partial charge is 0.472 e. The number of unbranched alkanes of at least 4 members (excludes halogenated alkanes) is 47. The molecule has 10 heteroatoms. The Hall–Kier alpha value is -3.07. The fraction of sp³-hybridized carbons (Fsp3) is 0.786. The highest BCUT2D eigenvalue weighted by Gasteiger charge is 2.26. The number of ether oxygens (including phenoxy) is 2. The van der Waals surface area contributed by atoms with E-state index in [4.69, 9.17) is 24.3 Å². The summed E-state index contributed by atoms with van der Waals surface area (Å²) in [4.78, 5) is 35.5. The summed E-state index contributed by atoms with van der Waals surface area (Å²) in [7, 11) is -4.40. The molecule has 0 spiro atoms. The molecule has 0 aliphatic carbocycles. The summed E-state index contributed by atoms with van der Waals surface area (Å²) in [6.07, 6.45) is 108. The van der Waals surface area contributed by atoms with Crippen LogP contribution < -0.4 is 5.73 Å². The smallest absolute Gasteiger partial charge is 0.462 e. The molecule has 0 aliphatic rings. The number of carbonyl (C=O) groups excluding carboxylic acids is 2. The SMILES string of the molecule is CC/C=C\C/C=C\C/C=C\C/C=C\C/C=C\C/C=C\C/C=C\C/C=C\CCCCCCCCCCCCC(=O)OC(COC(=O)CCCCCCCCCCCCCCCCCCCCCCCCCCCCCCCCCCCCCCCC)COP(=O)(O)OCCN. The van der Waals surface area contributed by atoms with E-state index in [9.17, 15) is 19.0 Å². The minimum absolute atomic E-state index is 0.0506. The summed E-state index contributed by atoms with van der Waals surface area (Å²) in [6.45, 7) is 3.68. The molecule has 0 bridgehead atoms. The van der Waals surface area contributed by atoms with Crippen molar-refractivity contribution in [2.24, 2.45) is 5.73 Å². The van der Waals surface area contributed by atoms with Gasteiger partial charge in [-0.2, -0.15) is 0 Å². The van der Waals surface area contributed by atoms with Crippen LogP contribution in [0.4, 0.5) is 0 Å². The van der Waals surface area contributed by atoms with Crippen molar-refractivity contribution in [3.05, 3.63) is 97.2 Å². The molecule has 546 valence electrons. The number of rotatable bonds is 76. The van der Waals surface area contributed by atoms with E-state index in [1.54, 1.807) is 0 Å². The Kier molecular flexibility index (Phi) is 76.3. The number of allylic oxidation sites excluding steroid dienone is 16. The monoisotopic (exact) mass is 1330 g/mol. The third-order valence-corrected chi connectivity index (χ3v) is 18.7. The normalized spacial score (nSPS) is 13.4. The van der Waals surface area contributed by atoms with Crippen molar-refractivity contribution in [1.29, 1.82) is 0 Å². The van der Waals surface area contributed by atoms with E-state index in [1.165, 1.54) is 263 Å². The number of phosphoric acid groups is 1. The minimum atomic E-state index is -4.40. The van der Waals surface area contributed by atoms with Crippen LogP contribution in [-0.4, -0.2) is 49.3 Å². The first-order chi connectivity index (χ1) is 46.3. The molecule has 9 nitrogen and oxygen atoms in total. The molecule has 0 aliphatic heterocycles. The van der Waals surface area contributed by atoms with E-state index in [-0.39, 0.29) is 38.6 Å². The van der Waals surface area contributed by atoms with Gasteiger partial charge in [-0.05, 0) is 77.0 Å². The average Bonchev–Trinajstić information content (AvgIpc) is 3.26. The van der Waals surface area contributed by atoms with Crippen molar-refractivity contribution in [3.63, 3.8) is 0 Å². The third kappa shape index (κ3) is 77.9. The highest BCUT2D eigenvalue weighted by atomic mass is 31.2. The minimum Gasteiger partial charge on any atom is -0.462 e. The number of nitrogens with two attached hydrogens (primary N) is 1. The van der Waals surface area contributed by atoms with Crippen LogP contribution in [0.15, 0.2) is 97.2 Å². The summed E-state index contributed by atoms with van der Waals surface area (Å²) in [5.74, 6) is -0.820. The standard InChI is InChI=1S/C84H152NO8P/c1-3-5-7-9-11-13-15-17-19-21-23-25-27-29-31-33-35-37-39-40-41-43-44-46-48-50-52-54-56-58-60-62-64-66-68-70-72-74-76-83(86)90-80-82(81-92-94(88,89)91-79-78-85)93-84(87)77-75-73-71-69-67-65-63-61-59-57-55-53-51-49-47-45-42-38-36-34-32-30-28-26-24-22-20-18-16-14-12-10-8-6-4-2/h6,8,12,14,18,20,24,26,30,32,36,38,45,47,51,53,82H,3-5,7,9-11,13,15-17,19,21-23,25,27-29,31,33-35,37,39-44,46,48-50,52,54-81,85H2,1-2H3,(H,88,89)/b8-6-,14-12-,20-18-,26-24-,32-30-,38-36-,47-45-,53-51-. The van der Waals surface area contributed by atoms with E-state index in [2.05, 4.69) is 111 Å². The van der Waals surface area contributed by atoms with Gasteiger partial charge in [0.15, 0.2) is 6.10 Å². The summed E-state index contributed by atoms with van der Waals surface area (Å²) >= 11 is 0. The van der Waals surface area contributed by atoms with Crippen molar-refractivity contribution in [1.82, 2.24) is 0 Å². The van der Waals surface area contributed by atoms with E-state index in [0.29, 0.717) is 6.42 Å². The fourth-order valence-electron chi connectivity index (χ4n) is 11.8. The number of esters is 2. The molecule has 94 heavy (non-hydrogen) atoms. The highest BCUT2D eigenvalue weighted by molar-refractivity contribution is 7.47. The van der Waals surface area contributed by atoms with Gasteiger partial charge in [-0.1, -0.05) is 400 Å². The predicted octanol–water partition coefficient (Wildman–Crippen LogP) is 27.0. The molecule has 0 fully saturated rings. The molecule has 0 heterocycles. The summed E-state index contributed by atoms with van der Waals surface area (Å²) in [5.41, 5.74) is 5.41.